The molecule has 1 saturated carbocycles. The van der Waals surface area contributed by atoms with Gasteiger partial charge in [0.05, 0.1) is 0 Å². The van der Waals surface area contributed by atoms with Crippen molar-refractivity contribution in [3.05, 3.63) is 29.6 Å². The summed E-state index contributed by atoms with van der Waals surface area (Å²) in [6.07, 6.45) is 8.60. The third-order valence-corrected chi connectivity index (χ3v) is 5.45. The topological polar surface area (TPSA) is 32.3 Å². The molecule has 0 heterocycles. The maximum Gasteiger partial charge on any atom is 0.165 e. The molecule has 1 aromatic rings. The number of thioether (sulfide) groups is 1. The van der Waals surface area contributed by atoms with Crippen LogP contribution >= 0.6 is 11.8 Å². The summed E-state index contributed by atoms with van der Waals surface area (Å²) in [6, 6.07) is 4.68. The molecule has 0 bridgehead atoms. The summed E-state index contributed by atoms with van der Waals surface area (Å²) in [7, 11) is 0. The Morgan fingerprint density at radius 3 is 2.74 bits per heavy atom. The Kier molecular flexibility index (Phi) is 5.11. The molecule has 1 aliphatic rings. The van der Waals surface area contributed by atoms with Crippen molar-refractivity contribution in [1.82, 2.24) is 5.32 Å². The Balaban J connectivity index is 1.90. The standard InChI is InChI=1S/C15H22FNOS/c1-19-15(8-3-2-4-9-15)11-17-10-12-6-5-7-13(16)14(12)18/h5-7,17-18H,2-4,8-11H2,1H3. The first-order valence-electron chi connectivity index (χ1n) is 6.89. The second-order valence-corrected chi connectivity index (χ2v) is 6.57. The number of rotatable bonds is 5. The van der Waals surface area contributed by atoms with Crippen molar-refractivity contribution in [2.24, 2.45) is 0 Å². The molecule has 0 amide bonds. The Hall–Kier alpha value is -0.740. The van der Waals surface area contributed by atoms with Gasteiger partial charge < -0.3 is 10.4 Å². The van der Waals surface area contributed by atoms with Crippen LogP contribution in [-0.2, 0) is 6.54 Å². The van der Waals surface area contributed by atoms with Crippen molar-refractivity contribution in [1.29, 1.82) is 0 Å². The van der Waals surface area contributed by atoms with E-state index >= 15 is 0 Å². The highest BCUT2D eigenvalue weighted by molar-refractivity contribution is 8.00. The van der Waals surface area contributed by atoms with Crippen molar-refractivity contribution in [2.45, 2.75) is 43.4 Å². The van der Waals surface area contributed by atoms with E-state index in [-0.39, 0.29) is 5.75 Å². The second kappa shape index (κ2) is 6.62. The zero-order chi connectivity index (χ0) is 13.7. The lowest BCUT2D eigenvalue weighted by molar-refractivity contribution is 0.376. The third kappa shape index (κ3) is 3.63. The van der Waals surface area contributed by atoms with Crippen LogP contribution in [-0.4, -0.2) is 22.7 Å². The molecule has 2 nitrogen and oxygen atoms in total. The summed E-state index contributed by atoms with van der Waals surface area (Å²) in [4.78, 5) is 0. The van der Waals surface area contributed by atoms with Gasteiger partial charge in [0.1, 0.15) is 0 Å². The molecule has 1 fully saturated rings. The summed E-state index contributed by atoms with van der Waals surface area (Å²) in [5.41, 5.74) is 0.632. The number of benzene rings is 1. The molecule has 0 unspecified atom stereocenters. The summed E-state index contributed by atoms with van der Waals surface area (Å²) < 4.78 is 13.5. The average molecular weight is 283 g/mol. The summed E-state index contributed by atoms with van der Waals surface area (Å²) >= 11 is 1.94. The molecule has 0 atom stereocenters. The van der Waals surface area contributed by atoms with Gasteiger partial charge in [0, 0.05) is 23.4 Å². The molecule has 0 radical (unpaired) electrons. The smallest absolute Gasteiger partial charge is 0.165 e. The molecule has 2 N–H and O–H groups in total. The second-order valence-electron chi connectivity index (χ2n) is 5.30. The minimum Gasteiger partial charge on any atom is -0.505 e. The molecule has 1 aliphatic carbocycles. The minimum atomic E-state index is -0.545. The molecular weight excluding hydrogens is 261 g/mol. The van der Waals surface area contributed by atoms with Crippen LogP contribution in [0.15, 0.2) is 18.2 Å². The summed E-state index contributed by atoms with van der Waals surface area (Å²) in [6.45, 7) is 1.44. The molecule has 1 aromatic carbocycles. The molecule has 0 saturated heterocycles. The van der Waals surface area contributed by atoms with Crippen LogP contribution in [0.25, 0.3) is 0 Å². The summed E-state index contributed by atoms with van der Waals surface area (Å²) in [5, 5.41) is 13.0. The Morgan fingerprint density at radius 1 is 1.32 bits per heavy atom. The monoisotopic (exact) mass is 283 g/mol. The predicted octanol–water partition coefficient (Wildman–Crippen LogP) is 3.69. The first-order chi connectivity index (χ1) is 9.17. The van der Waals surface area contributed by atoms with Crippen LogP contribution < -0.4 is 5.32 Å². The number of phenolic OH excluding ortho intramolecular Hbond substituents is 1. The van der Waals surface area contributed by atoms with E-state index < -0.39 is 5.82 Å². The van der Waals surface area contributed by atoms with Gasteiger partial charge in [-0.3, -0.25) is 0 Å². The van der Waals surface area contributed by atoms with Gasteiger partial charge >= 0.3 is 0 Å². The van der Waals surface area contributed by atoms with E-state index in [1.54, 1.807) is 12.1 Å². The Morgan fingerprint density at radius 2 is 2.05 bits per heavy atom. The fourth-order valence-electron chi connectivity index (χ4n) is 2.78. The minimum absolute atomic E-state index is 0.225. The maximum absolute atomic E-state index is 13.2. The van der Waals surface area contributed by atoms with E-state index in [9.17, 15) is 9.50 Å². The Bertz CT molecular complexity index is 419. The lowest BCUT2D eigenvalue weighted by Gasteiger charge is -2.36. The molecule has 106 valence electrons. The van der Waals surface area contributed by atoms with E-state index in [1.807, 2.05) is 11.8 Å². The first kappa shape index (κ1) is 14.7. The van der Waals surface area contributed by atoms with Crippen LogP contribution in [0.4, 0.5) is 4.39 Å². The van der Waals surface area contributed by atoms with Crippen LogP contribution in [0.5, 0.6) is 5.75 Å². The van der Waals surface area contributed by atoms with Crippen LogP contribution in [0, 0.1) is 5.82 Å². The van der Waals surface area contributed by atoms with Crippen molar-refractivity contribution in [3.8, 4) is 5.75 Å². The largest absolute Gasteiger partial charge is 0.505 e. The molecule has 2 rings (SSSR count). The number of hydrogen-bond acceptors (Lipinski definition) is 3. The quantitative estimate of drug-likeness (QED) is 0.864. The number of para-hydroxylation sites is 1. The normalized spacial score (nSPS) is 18.4. The van der Waals surface area contributed by atoms with Crippen molar-refractivity contribution >= 4 is 11.8 Å². The highest BCUT2D eigenvalue weighted by Gasteiger charge is 2.30. The molecule has 0 aromatic heterocycles. The van der Waals surface area contributed by atoms with Gasteiger partial charge in [-0.2, -0.15) is 11.8 Å². The van der Waals surface area contributed by atoms with Gasteiger partial charge in [0.15, 0.2) is 11.6 Å². The van der Waals surface area contributed by atoms with Gasteiger partial charge in [-0.15, -0.1) is 0 Å². The zero-order valence-electron chi connectivity index (χ0n) is 11.4. The maximum atomic E-state index is 13.2. The molecule has 4 heteroatoms. The lowest BCUT2D eigenvalue weighted by atomic mass is 9.88. The van der Waals surface area contributed by atoms with Gasteiger partial charge in [-0.25, -0.2) is 4.39 Å². The first-order valence-corrected chi connectivity index (χ1v) is 8.12. The van der Waals surface area contributed by atoms with Crippen LogP contribution in [0.3, 0.4) is 0 Å². The lowest BCUT2D eigenvalue weighted by Crippen LogP contribution is -2.39. The highest BCUT2D eigenvalue weighted by atomic mass is 32.2. The van der Waals surface area contributed by atoms with Crippen molar-refractivity contribution in [2.75, 3.05) is 12.8 Å². The predicted molar refractivity (Wildman–Crippen MR) is 79.1 cm³/mol. The fraction of sp³-hybridized carbons (Fsp3) is 0.600. The number of halogens is 1. The van der Waals surface area contributed by atoms with Gasteiger partial charge in [-0.05, 0) is 25.2 Å². The number of aromatic hydroxyl groups is 1. The number of hydrogen-bond donors (Lipinski definition) is 2. The van der Waals surface area contributed by atoms with E-state index in [0.717, 1.165) is 6.54 Å². The number of nitrogens with one attached hydrogen (secondary N) is 1. The molecule has 0 aliphatic heterocycles. The van der Waals surface area contributed by atoms with E-state index in [1.165, 1.54) is 38.2 Å². The third-order valence-electron chi connectivity index (χ3n) is 4.03. The van der Waals surface area contributed by atoms with Crippen LogP contribution in [0.1, 0.15) is 37.7 Å². The molecule has 0 spiro atoms. The molecular formula is C15H22FNOS. The van der Waals surface area contributed by atoms with Gasteiger partial charge in [0.2, 0.25) is 0 Å². The van der Waals surface area contributed by atoms with E-state index in [0.29, 0.717) is 16.9 Å². The summed E-state index contributed by atoms with van der Waals surface area (Å²) in [5.74, 6) is -0.770. The van der Waals surface area contributed by atoms with Crippen molar-refractivity contribution < 1.29 is 9.50 Å². The SMILES string of the molecule is CSC1(CNCc2cccc(F)c2O)CCCCC1. The van der Waals surface area contributed by atoms with E-state index in [2.05, 4.69) is 11.6 Å². The average Bonchev–Trinajstić information content (AvgIpc) is 2.44. The van der Waals surface area contributed by atoms with E-state index in [4.69, 9.17) is 0 Å². The highest BCUT2D eigenvalue weighted by Crippen LogP contribution is 2.38. The Labute approximate surface area is 118 Å². The zero-order valence-corrected chi connectivity index (χ0v) is 12.2. The number of phenols is 1. The van der Waals surface area contributed by atoms with Gasteiger partial charge in [0.25, 0.3) is 0 Å². The van der Waals surface area contributed by atoms with Crippen LogP contribution in [0.2, 0.25) is 0 Å². The van der Waals surface area contributed by atoms with Crippen molar-refractivity contribution in [3.63, 3.8) is 0 Å². The molecule has 19 heavy (non-hydrogen) atoms. The van der Waals surface area contributed by atoms with Gasteiger partial charge in [-0.1, -0.05) is 31.4 Å². The fourth-order valence-corrected chi connectivity index (χ4v) is 3.72.